The molecular weight excluding hydrogens is 178 g/mol. The quantitative estimate of drug-likeness (QED) is 0.677. The molecule has 0 saturated carbocycles. The Morgan fingerprint density at radius 2 is 2.36 bits per heavy atom. The smallest absolute Gasteiger partial charge is 0.250 e. The van der Waals surface area contributed by atoms with Gasteiger partial charge in [0.15, 0.2) is 5.65 Å². The molecule has 2 heterocycles. The van der Waals surface area contributed by atoms with E-state index in [0.717, 1.165) is 6.42 Å². The van der Waals surface area contributed by atoms with E-state index in [0.29, 0.717) is 12.2 Å². The number of aryl methyl sites for hydroxylation is 1. The molecule has 2 rings (SSSR count). The minimum Gasteiger partial charge on any atom is -0.250 e. The molecule has 0 radical (unpaired) electrons. The maximum absolute atomic E-state index is 11.7. The molecule has 0 N–H and O–H groups in total. The standard InChI is InChI=1S/C10H11N3O/c1-2-3-8-13-10(14)12-7-5-4-6-9(12)11-13/h2,4-7H,1,3,8H2. The number of allylic oxidation sites excluding steroid dienone is 1. The largest absolute Gasteiger partial charge is 0.350 e. The van der Waals surface area contributed by atoms with E-state index in [4.69, 9.17) is 0 Å². The summed E-state index contributed by atoms with van der Waals surface area (Å²) in [5.74, 6) is 0. The number of pyridine rings is 1. The van der Waals surface area contributed by atoms with Gasteiger partial charge >= 0.3 is 5.69 Å². The van der Waals surface area contributed by atoms with Crippen molar-refractivity contribution in [1.82, 2.24) is 14.2 Å². The van der Waals surface area contributed by atoms with Crippen LogP contribution in [-0.4, -0.2) is 14.2 Å². The van der Waals surface area contributed by atoms with Gasteiger partial charge in [-0.1, -0.05) is 12.1 Å². The van der Waals surface area contributed by atoms with Crippen LogP contribution in [0.1, 0.15) is 6.42 Å². The van der Waals surface area contributed by atoms with Gasteiger partial charge in [0, 0.05) is 12.7 Å². The van der Waals surface area contributed by atoms with E-state index in [1.807, 2.05) is 18.2 Å². The summed E-state index contributed by atoms with van der Waals surface area (Å²) in [5.41, 5.74) is 0.587. The van der Waals surface area contributed by atoms with Gasteiger partial charge in [-0.3, -0.25) is 4.40 Å². The van der Waals surface area contributed by atoms with Crippen molar-refractivity contribution in [3.63, 3.8) is 0 Å². The zero-order valence-electron chi connectivity index (χ0n) is 7.76. The van der Waals surface area contributed by atoms with Crippen molar-refractivity contribution >= 4 is 5.65 Å². The average molecular weight is 189 g/mol. The van der Waals surface area contributed by atoms with Gasteiger partial charge in [-0.2, -0.15) is 0 Å². The van der Waals surface area contributed by atoms with E-state index in [9.17, 15) is 4.79 Å². The highest BCUT2D eigenvalue weighted by Crippen LogP contribution is 1.95. The highest BCUT2D eigenvalue weighted by atomic mass is 16.2. The number of hydrogen-bond acceptors (Lipinski definition) is 2. The van der Waals surface area contributed by atoms with Gasteiger partial charge in [-0.15, -0.1) is 11.7 Å². The van der Waals surface area contributed by atoms with Crippen molar-refractivity contribution in [2.75, 3.05) is 0 Å². The topological polar surface area (TPSA) is 39.3 Å². The van der Waals surface area contributed by atoms with Gasteiger partial charge in [-0.05, 0) is 18.6 Å². The summed E-state index contributed by atoms with van der Waals surface area (Å²) in [6.07, 6.45) is 4.25. The van der Waals surface area contributed by atoms with E-state index in [1.165, 1.54) is 9.08 Å². The third kappa shape index (κ3) is 1.35. The van der Waals surface area contributed by atoms with Crippen LogP contribution in [0.4, 0.5) is 0 Å². The molecule has 0 saturated heterocycles. The number of aromatic nitrogens is 3. The molecule has 0 amide bonds. The summed E-state index contributed by atoms with van der Waals surface area (Å²) in [7, 11) is 0. The SMILES string of the molecule is C=CCCn1nc2ccccn2c1=O. The molecule has 0 aliphatic carbocycles. The normalized spacial score (nSPS) is 10.6. The molecule has 0 atom stereocenters. The van der Waals surface area contributed by atoms with Crippen LogP contribution < -0.4 is 5.69 Å². The van der Waals surface area contributed by atoms with Crippen molar-refractivity contribution in [1.29, 1.82) is 0 Å². The van der Waals surface area contributed by atoms with Gasteiger partial charge in [0.25, 0.3) is 0 Å². The van der Waals surface area contributed by atoms with Gasteiger partial charge < -0.3 is 0 Å². The zero-order chi connectivity index (χ0) is 9.97. The lowest BCUT2D eigenvalue weighted by molar-refractivity contribution is 0.601. The highest BCUT2D eigenvalue weighted by Gasteiger charge is 2.03. The van der Waals surface area contributed by atoms with Gasteiger partial charge in [0.05, 0.1) is 0 Å². The highest BCUT2D eigenvalue weighted by molar-refractivity contribution is 5.35. The lowest BCUT2D eigenvalue weighted by atomic mass is 10.4. The molecule has 0 fully saturated rings. The Morgan fingerprint density at radius 3 is 3.07 bits per heavy atom. The Kier molecular flexibility index (Phi) is 2.18. The minimum absolute atomic E-state index is 0.0950. The lowest BCUT2D eigenvalue weighted by Gasteiger charge is -1.92. The predicted octanol–water partition coefficient (Wildman–Crippen LogP) is 1.07. The fraction of sp³-hybridized carbons (Fsp3) is 0.200. The van der Waals surface area contributed by atoms with Crippen LogP contribution >= 0.6 is 0 Å². The molecule has 4 nitrogen and oxygen atoms in total. The Hall–Kier alpha value is -1.84. The Labute approximate surface area is 81.1 Å². The first-order valence-corrected chi connectivity index (χ1v) is 4.48. The van der Waals surface area contributed by atoms with Crippen molar-refractivity contribution in [3.8, 4) is 0 Å². The number of fused-ring (bicyclic) bond motifs is 1. The first kappa shape index (κ1) is 8.74. The van der Waals surface area contributed by atoms with E-state index in [-0.39, 0.29) is 5.69 Å². The number of rotatable bonds is 3. The fourth-order valence-electron chi connectivity index (χ4n) is 1.33. The Morgan fingerprint density at radius 1 is 1.50 bits per heavy atom. The van der Waals surface area contributed by atoms with Gasteiger partial charge in [-0.25, -0.2) is 9.48 Å². The van der Waals surface area contributed by atoms with E-state index < -0.39 is 0 Å². The van der Waals surface area contributed by atoms with E-state index in [2.05, 4.69) is 11.7 Å². The van der Waals surface area contributed by atoms with Crippen molar-refractivity contribution in [2.45, 2.75) is 13.0 Å². The van der Waals surface area contributed by atoms with Crippen LogP contribution in [-0.2, 0) is 6.54 Å². The van der Waals surface area contributed by atoms with Gasteiger partial charge in [0.2, 0.25) is 0 Å². The molecule has 2 aromatic heterocycles. The minimum atomic E-state index is -0.0950. The summed E-state index contributed by atoms with van der Waals surface area (Å²) in [4.78, 5) is 11.7. The second kappa shape index (κ2) is 3.49. The van der Waals surface area contributed by atoms with E-state index in [1.54, 1.807) is 12.3 Å². The molecule has 0 bridgehead atoms. The molecule has 4 heteroatoms. The summed E-state index contributed by atoms with van der Waals surface area (Å²) < 4.78 is 2.99. The lowest BCUT2D eigenvalue weighted by Crippen LogP contribution is -2.20. The first-order valence-electron chi connectivity index (χ1n) is 4.48. The zero-order valence-corrected chi connectivity index (χ0v) is 7.76. The average Bonchev–Trinajstić information content (AvgIpc) is 2.54. The van der Waals surface area contributed by atoms with Crippen LogP contribution in [0.25, 0.3) is 5.65 Å². The fourth-order valence-corrected chi connectivity index (χ4v) is 1.33. The summed E-state index contributed by atoms with van der Waals surface area (Å²) >= 11 is 0. The van der Waals surface area contributed by atoms with Crippen LogP contribution in [0, 0.1) is 0 Å². The second-order valence-electron chi connectivity index (χ2n) is 3.01. The van der Waals surface area contributed by atoms with Crippen molar-refractivity contribution in [3.05, 3.63) is 47.5 Å². The first-order chi connectivity index (χ1) is 6.83. The molecule has 0 unspecified atom stereocenters. The van der Waals surface area contributed by atoms with Crippen LogP contribution in [0.3, 0.4) is 0 Å². The van der Waals surface area contributed by atoms with Crippen LogP contribution in [0.15, 0.2) is 41.8 Å². The molecule has 0 aliphatic heterocycles. The van der Waals surface area contributed by atoms with Crippen molar-refractivity contribution in [2.24, 2.45) is 0 Å². The molecule has 0 aromatic carbocycles. The Balaban J connectivity index is 2.51. The summed E-state index contributed by atoms with van der Waals surface area (Å²) in [6.45, 7) is 4.20. The third-order valence-electron chi connectivity index (χ3n) is 2.03. The third-order valence-corrected chi connectivity index (χ3v) is 2.03. The maximum atomic E-state index is 11.7. The molecule has 0 aliphatic rings. The summed E-state index contributed by atoms with van der Waals surface area (Å²) in [5, 5.41) is 4.17. The molecule has 2 aromatic rings. The molecule has 0 spiro atoms. The van der Waals surface area contributed by atoms with E-state index >= 15 is 0 Å². The number of hydrogen-bond donors (Lipinski definition) is 0. The molecular formula is C10H11N3O. The summed E-state index contributed by atoms with van der Waals surface area (Å²) in [6, 6.07) is 5.49. The predicted molar refractivity (Wildman–Crippen MR) is 54.3 cm³/mol. The van der Waals surface area contributed by atoms with Gasteiger partial charge in [0.1, 0.15) is 0 Å². The molecule has 14 heavy (non-hydrogen) atoms. The van der Waals surface area contributed by atoms with Crippen LogP contribution in [0.5, 0.6) is 0 Å². The number of nitrogens with zero attached hydrogens (tertiary/aromatic N) is 3. The monoisotopic (exact) mass is 189 g/mol. The molecule has 72 valence electrons. The Bertz CT molecular complexity index is 509. The van der Waals surface area contributed by atoms with Crippen molar-refractivity contribution < 1.29 is 0 Å². The second-order valence-corrected chi connectivity index (χ2v) is 3.01. The maximum Gasteiger partial charge on any atom is 0.350 e. The van der Waals surface area contributed by atoms with Crippen LogP contribution in [0.2, 0.25) is 0 Å².